The summed E-state index contributed by atoms with van der Waals surface area (Å²) in [6.07, 6.45) is 3.39. The zero-order valence-corrected chi connectivity index (χ0v) is 10.9. The van der Waals surface area contributed by atoms with E-state index in [4.69, 9.17) is 4.74 Å². The van der Waals surface area contributed by atoms with Crippen molar-refractivity contribution < 1.29 is 14.3 Å². The number of hydrogen-bond donors (Lipinski definition) is 0. The summed E-state index contributed by atoms with van der Waals surface area (Å²) in [4.78, 5) is 23.8. The molecule has 0 spiro atoms. The molecule has 1 heterocycles. The van der Waals surface area contributed by atoms with Gasteiger partial charge in [-0.2, -0.15) is 0 Å². The first kappa shape index (κ1) is 13.5. The molecule has 0 bridgehead atoms. The van der Waals surface area contributed by atoms with Crippen molar-refractivity contribution in [3.63, 3.8) is 0 Å². The number of benzene rings is 1. The molecule has 1 fully saturated rings. The van der Waals surface area contributed by atoms with Crippen LogP contribution in [0.3, 0.4) is 0 Å². The van der Waals surface area contributed by atoms with Gasteiger partial charge in [0.1, 0.15) is 11.7 Å². The van der Waals surface area contributed by atoms with Crippen LogP contribution in [0.1, 0.15) is 18.4 Å². The van der Waals surface area contributed by atoms with Gasteiger partial charge in [-0.15, -0.1) is 6.58 Å². The lowest BCUT2D eigenvalue weighted by Crippen LogP contribution is -2.26. The first-order valence-electron chi connectivity index (χ1n) is 6.56. The number of carbonyl (C=O) groups excluding carboxylic acids is 2. The van der Waals surface area contributed by atoms with Crippen LogP contribution in [0.5, 0.6) is 0 Å². The number of ether oxygens (including phenoxy) is 1. The van der Waals surface area contributed by atoms with E-state index in [1.165, 1.54) is 0 Å². The summed E-state index contributed by atoms with van der Waals surface area (Å²) in [5.74, 6) is -1.02. The van der Waals surface area contributed by atoms with Crippen molar-refractivity contribution in [1.29, 1.82) is 0 Å². The van der Waals surface area contributed by atoms with Gasteiger partial charge in [0.25, 0.3) is 0 Å². The lowest BCUT2D eigenvalue weighted by atomic mass is 9.85. The molecule has 1 aliphatic heterocycles. The highest BCUT2D eigenvalue weighted by molar-refractivity contribution is 6.00. The largest absolute Gasteiger partial charge is 0.465 e. The number of ketones is 1. The van der Waals surface area contributed by atoms with E-state index < -0.39 is 5.92 Å². The molecule has 0 saturated carbocycles. The van der Waals surface area contributed by atoms with E-state index in [0.29, 0.717) is 25.9 Å². The van der Waals surface area contributed by atoms with Gasteiger partial charge in [-0.1, -0.05) is 36.4 Å². The molecule has 1 aromatic carbocycles. The number of Topliss-reactive ketones (excluding diaryl/α,β-unsaturated/α-hetero) is 1. The fraction of sp³-hybridized carbons (Fsp3) is 0.375. The second-order valence-corrected chi connectivity index (χ2v) is 4.85. The van der Waals surface area contributed by atoms with Crippen LogP contribution < -0.4 is 0 Å². The fourth-order valence-electron chi connectivity index (χ4n) is 2.46. The van der Waals surface area contributed by atoms with Crippen LogP contribution in [0.4, 0.5) is 0 Å². The molecular formula is C16H18O3. The zero-order valence-electron chi connectivity index (χ0n) is 10.9. The van der Waals surface area contributed by atoms with Gasteiger partial charge in [0.05, 0.1) is 6.61 Å². The molecule has 0 N–H and O–H groups in total. The Labute approximate surface area is 113 Å². The van der Waals surface area contributed by atoms with Crippen LogP contribution in [0, 0.1) is 11.8 Å². The average molecular weight is 258 g/mol. The van der Waals surface area contributed by atoms with Gasteiger partial charge in [0.15, 0.2) is 0 Å². The Bertz CT molecular complexity index is 464. The monoisotopic (exact) mass is 258 g/mol. The van der Waals surface area contributed by atoms with Crippen LogP contribution >= 0.6 is 0 Å². The summed E-state index contributed by atoms with van der Waals surface area (Å²) in [6.45, 7) is 3.94. The van der Waals surface area contributed by atoms with Crippen molar-refractivity contribution in [1.82, 2.24) is 0 Å². The van der Waals surface area contributed by atoms with Crippen molar-refractivity contribution in [2.45, 2.75) is 19.3 Å². The third-order valence-electron chi connectivity index (χ3n) is 3.45. The van der Waals surface area contributed by atoms with Crippen LogP contribution in [-0.4, -0.2) is 18.4 Å². The molecule has 3 nitrogen and oxygen atoms in total. The molecule has 1 saturated heterocycles. The molecular weight excluding hydrogens is 240 g/mol. The molecule has 3 heteroatoms. The average Bonchev–Trinajstić information content (AvgIpc) is 2.78. The van der Waals surface area contributed by atoms with E-state index in [9.17, 15) is 9.59 Å². The van der Waals surface area contributed by atoms with Crippen molar-refractivity contribution in [2.24, 2.45) is 11.8 Å². The Kier molecular flexibility index (Phi) is 4.50. The highest BCUT2D eigenvalue weighted by Crippen LogP contribution is 2.28. The number of allylic oxidation sites excluding steroid dienone is 1. The van der Waals surface area contributed by atoms with Crippen LogP contribution in [0.25, 0.3) is 0 Å². The number of carbonyl (C=O) groups is 2. The Morgan fingerprint density at radius 2 is 2.11 bits per heavy atom. The molecule has 19 heavy (non-hydrogen) atoms. The van der Waals surface area contributed by atoms with Gasteiger partial charge in [-0.3, -0.25) is 9.59 Å². The highest BCUT2D eigenvalue weighted by Gasteiger charge is 2.41. The summed E-state index contributed by atoms with van der Waals surface area (Å²) in [5.41, 5.74) is 1.13. The summed E-state index contributed by atoms with van der Waals surface area (Å²) in [6, 6.07) is 9.89. The standard InChI is InChI=1S/C16H18O3/c1-2-3-9-14(17)15-13(11-19-16(15)18)10-12-7-5-4-6-8-12/h2,4-8,13,15H,1,3,9-11H2/t13-,15?/m1/s1. The molecule has 2 rings (SSSR count). The minimum absolute atomic E-state index is 0.0247. The van der Waals surface area contributed by atoms with E-state index in [0.717, 1.165) is 5.56 Å². The van der Waals surface area contributed by atoms with E-state index >= 15 is 0 Å². The van der Waals surface area contributed by atoms with E-state index in [1.54, 1.807) is 6.08 Å². The van der Waals surface area contributed by atoms with Gasteiger partial charge >= 0.3 is 5.97 Å². The lowest BCUT2D eigenvalue weighted by Gasteiger charge is -2.13. The van der Waals surface area contributed by atoms with Crippen LogP contribution in [-0.2, 0) is 20.7 Å². The topological polar surface area (TPSA) is 43.4 Å². The van der Waals surface area contributed by atoms with Crippen LogP contribution in [0.15, 0.2) is 43.0 Å². The van der Waals surface area contributed by atoms with Crippen molar-refractivity contribution in [3.8, 4) is 0 Å². The Morgan fingerprint density at radius 3 is 2.79 bits per heavy atom. The van der Waals surface area contributed by atoms with Gasteiger partial charge < -0.3 is 4.74 Å². The normalized spacial score (nSPS) is 22.0. The summed E-state index contributed by atoms with van der Waals surface area (Å²) >= 11 is 0. The third kappa shape index (κ3) is 3.31. The predicted octanol–water partition coefficient (Wildman–Crippen LogP) is 2.55. The third-order valence-corrected chi connectivity index (χ3v) is 3.45. The molecule has 0 aromatic heterocycles. The summed E-state index contributed by atoms with van der Waals surface area (Å²) < 4.78 is 5.07. The van der Waals surface area contributed by atoms with Gasteiger partial charge in [0.2, 0.25) is 0 Å². The number of cyclic esters (lactones) is 1. The first-order chi connectivity index (χ1) is 9.22. The summed E-state index contributed by atoms with van der Waals surface area (Å²) in [5, 5.41) is 0. The molecule has 0 radical (unpaired) electrons. The maximum Gasteiger partial charge on any atom is 0.316 e. The van der Waals surface area contributed by atoms with Gasteiger partial charge in [-0.25, -0.2) is 0 Å². The van der Waals surface area contributed by atoms with Crippen molar-refractivity contribution in [3.05, 3.63) is 48.6 Å². The minimum atomic E-state index is -0.597. The SMILES string of the molecule is C=CCCC(=O)C1C(=O)OC[C@H]1Cc1ccccc1. The van der Waals surface area contributed by atoms with E-state index in [1.807, 2.05) is 30.3 Å². The zero-order chi connectivity index (χ0) is 13.7. The van der Waals surface area contributed by atoms with Crippen LogP contribution in [0.2, 0.25) is 0 Å². The smallest absolute Gasteiger partial charge is 0.316 e. The van der Waals surface area contributed by atoms with E-state index in [2.05, 4.69) is 6.58 Å². The molecule has 100 valence electrons. The Balaban J connectivity index is 2.05. The fourth-order valence-corrected chi connectivity index (χ4v) is 2.46. The van der Waals surface area contributed by atoms with Gasteiger partial charge in [-0.05, 0) is 18.4 Å². The molecule has 1 unspecified atom stereocenters. The van der Waals surface area contributed by atoms with Gasteiger partial charge in [0, 0.05) is 12.3 Å². The number of hydrogen-bond acceptors (Lipinski definition) is 3. The Hall–Kier alpha value is -1.90. The highest BCUT2D eigenvalue weighted by atomic mass is 16.5. The van der Waals surface area contributed by atoms with Crippen molar-refractivity contribution in [2.75, 3.05) is 6.61 Å². The predicted molar refractivity (Wildman–Crippen MR) is 72.5 cm³/mol. The number of rotatable bonds is 6. The van der Waals surface area contributed by atoms with E-state index in [-0.39, 0.29) is 17.7 Å². The first-order valence-corrected chi connectivity index (χ1v) is 6.56. The maximum atomic E-state index is 12.1. The second-order valence-electron chi connectivity index (χ2n) is 4.85. The van der Waals surface area contributed by atoms with Crippen molar-refractivity contribution >= 4 is 11.8 Å². The maximum absolute atomic E-state index is 12.1. The lowest BCUT2D eigenvalue weighted by molar-refractivity contribution is -0.144. The second kappa shape index (κ2) is 6.32. The molecule has 1 aliphatic rings. The quantitative estimate of drug-likeness (QED) is 0.447. The minimum Gasteiger partial charge on any atom is -0.465 e. The number of esters is 1. The molecule has 0 aliphatic carbocycles. The summed E-state index contributed by atoms with van der Waals surface area (Å²) in [7, 11) is 0. The molecule has 2 atom stereocenters. The Morgan fingerprint density at radius 1 is 1.37 bits per heavy atom. The molecule has 0 amide bonds. The molecule has 1 aromatic rings.